The monoisotopic (exact) mass is 404 g/mol. The SMILES string of the molecule is CC.CC12CC[C@](C)(O)CC1=CCC1C2CCC2(C)C1CC[C@@H]2CCCCCO. The van der Waals surface area contributed by atoms with Crippen LogP contribution in [-0.4, -0.2) is 22.4 Å². The van der Waals surface area contributed by atoms with Crippen LogP contribution in [0.25, 0.3) is 0 Å². The van der Waals surface area contributed by atoms with Crippen LogP contribution >= 0.6 is 0 Å². The van der Waals surface area contributed by atoms with Gasteiger partial charge in [-0.1, -0.05) is 52.2 Å². The molecule has 5 unspecified atom stereocenters. The number of hydrogen-bond acceptors (Lipinski definition) is 2. The molecule has 2 heteroatoms. The summed E-state index contributed by atoms with van der Waals surface area (Å²) in [4.78, 5) is 0. The van der Waals surface area contributed by atoms with E-state index in [0.717, 1.165) is 42.9 Å². The molecule has 0 saturated heterocycles. The highest BCUT2D eigenvalue weighted by Gasteiger charge is 2.58. The molecule has 2 nitrogen and oxygen atoms in total. The van der Waals surface area contributed by atoms with Gasteiger partial charge in [-0.05, 0) is 106 Å². The zero-order valence-electron chi connectivity index (χ0n) is 20.0. The van der Waals surface area contributed by atoms with E-state index in [-0.39, 0.29) is 0 Å². The summed E-state index contributed by atoms with van der Waals surface area (Å²) in [6, 6.07) is 0. The highest BCUT2D eigenvalue weighted by molar-refractivity contribution is 5.26. The summed E-state index contributed by atoms with van der Waals surface area (Å²) in [6.45, 7) is 11.6. The minimum Gasteiger partial charge on any atom is -0.396 e. The summed E-state index contributed by atoms with van der Waals surface area (Å²) < 4.78 is 0. The van der Waals surface area contributed by atoms with Gasteiger partial charge >= 0.3 is 0 Å². The van der Waals surface area contributed by atoms with Gasteiger partial charge in [0.25, 0.3) is 0 Å². The second kappa shape index (κ2) is 9.03. The molecule has 0 bridgehead atoms. The Morgan fingerprint density at radius 2 is 1.69 bits per heavy atom. The van der Waals surface area contributed by atoms with E-state index < -0.39 is 5.60 Å². The van der Waals surface area contributed by atoms with Gasteiger partial charge in [0.2, 0.25) is 0 Å². The van der Waals surface area contributed by atoms with Crippen molar-refractivity contribution in [2.24, 2.45) is 34.5 Å². The standard InChI is InChI=1S/C25H42O2.C2H6/c1-23(27)14-15-25(3)19(17-23)8-10-20-21-11-9-18(7-5-4-6-16-26)24(21,2)13-12-22(20)25;1-2/h8,18,20-22,26-27H,4-7,9-17H2,1-3H3;1-2H3/t18-,20?,21?,22?,23-,24?,25?;/m0./s1. The van der Waals surface area contributed by atoms with Crippen molar-refractivity contribution in [1.29, 1.82) is 0 Å². The molecule has 2 N–H and O–H groups in total. The maximum absolute atomic E-state index is 10.6. The molecular weight excluding hydrogens is 356 g/mol. The van der Waals surface area contributed by atoms with Gasteiger partial charge in [0, 0.05) is 6.61 Å². The van der Waals surface area contributed by atoms with Crippen LogP contribution in [0.1, 0.15) is 112 Å². The smallest absolute Gasteiger partial charge is 0.0657 e. The van der Waals surface area contributed by atoms with Crippen molar-refractivity contribution in [1.82, 2.24) is 0 Å². The number of rotatable bonds is 5. The molecule has 0 heterocycles. The topological polar surface area (TPSA) is 40.5 Å². The first-order valence-corrected chi connectivity index (χ1v) is 12.8. The second-order valence-corrected chi connectivity index (χ2v) is 11.3. The van der Waals surface area contributed by atoms with Gasteiger partial charge < -0.3 is 10.2 Å². The van der Waals surface area contributed by atoms with Crippen LogP contribution in [0.3, 0.4) is 0 Å². The van der Waals surface area contributed by atoms with Crippen molar-refractivity contribution < 1.29 is 10.2 Å². The van der Waals surface area contributed by atoms with Crippen molar-refractivity contribution in [3.05, 3.63) is 11.6 Å². The van der Waals surface area contributed by atoms with Crippen molar-refractivity contribution in [3.63, 3.8) is 0 Å². The van der Waals surface area contributed by atoms with Gasteiger partial charge in [-0.2, -0.15) is 0 Å². The lowest BCUT2D eigenvalue weighted by Gasteiger charge is -2.59. The first kappa shape index (κ1) is 23.3. The Morgan fingerprint density at radius 1 is 0.931 bits per heavy atom. The van der Waals surface area contributed by atoms with E-state index in [1.807, 2.05) is 20.8 Å². The van der Waals surface area contributed by atoms with E-state index >= 15 is 0 Å². The fourth-order valence-electron chi connectivity index (χ4n) is 8.07. The van der Waals surface area contributed by atoms with Gasteiger partial charge in [0.1, 0.15) is 0 Å². The number of aliphatic hydroxyl groups excluding tert-OH is 1. The molecule has 4 aliphatic rings. The molecule has 7 atom stereocenters. The Labute approximate surface area is 180 Å². The normalized spacial score (nSPS) is 46.0. The lowest BCUT2D eigenvalue weighted by Crippen LogP contribution is -2.51. The Bertz CT molecular complexity index is 579. The Hall–Kier alpha value is -0.340. The molecule has 4 rings (SSSR count). The van der Waals surface area contributed by atoms with Gasteiger partial charge in [0.05, 0.1) is 5.60 Å². The maximum Gasteiger partial charge on any atom is 0.0657 e. The molecule has 0 radical (unpaired) electrons. The van der Waals surface area contributed by atoms with Crippen LogP contribution in [0.2, 0.25) is 0 Å². The molecule has 168 valence electrons. The molecule has 0 aromatic rings. The zero-order valence-corrected chi connectivity index (χ0v) is 20.0. The van der Waals surface area contributed by atoms with Crippen LogP contribution in [0, 0.1) is 34.5 Å². The lowest BCUT2D eigenvalue weighted by atomic mass is 9.46. The van der Waals surface area contributed by atoms with Crippen molar-refractivity contribution >= 4 is 0 Å². The summed E-state index contributed by atoms with van der Waals surface area (Å²) in [7, 11) is 0. The molecule has 0 aromatic heterocycles. The van der Waals surface area contributed by atoms with Gasteiger partial charge in [-0.25, -0.2) is 0 Å². The first-order valence-electron chi connectivity index (χ1n) is 12.8. The number of allylic oxidation sites excluding steroid dienone is 1. The molecule has 4 aliphatic carbocycles. The molecule has 3 saturated carbocycles. The lowest BCUT2D eigenvalue weighted by molar-refractivity contribution is -0.0661. The summed E-state index contributed by atoms with van der Waals surface area (Å²) in [5, 5.41) is 19.7. The quantitative estimate of drug-likeness (QED) is 0.386. The van der Waals surface area contributed by atoms with E-state index in [4.69, 9.17) is 5.11 Å². The van der Waals surface area contributed by atoms with Crippen LogP contribution in [0.5, 0.6) is 0 Å². The van der Waals surface area contributed by atoms with Crippen LogP contribution in [-0.2, 0) is 0 Å². The zero-order chi connectivity index (χ0) is 21.3. The Morgan fingerprint density at radius 3 is 2.41 bits per heavy atom. The average molecular weight is 405 g/mol. The average Bonchev–Trinajstić information content (AvgIpc) is 3.04. The number of unbranched alkanes of at least 4 members (excludes halogenated alkanes) is 2. The van der Waals surface area contributed by atoms with Crippen LogP contribution < -0.4 is 0 Å². The third kappa shape index (κ3) is 4.22. The minimum absolute atomic E-state index is 0.353. The van der Waals surface area contributed by atoms with Crippen molar-refractivity contribution in [3.8, 4) is 0 Å². The summed E-state index contributed by atoms with van der Waals surface area (Å²) in [5.41, 5.74) is 2.02. The minimum atomic E-state index is -0.478. The van der Waals surface area contributed by atoms with E-state index in [1.54, 1.807) is 5.57 Å². The molecule has 0 amide bonds. The molecular formula is C27H48O2. The summed E-state index contributed by atoms with van der Waals surface area (Å²) in [6.07, 6.45) is 17.5. The second-order valence-electron chi connectivity index (χ2n) is 11.3. The third-order valence-corrected chi connectivity index (χ3v) is 9.79. The molecule has 3 fully saturated rings. The van der Waals surface area contributed by atoms with Gasteiger partial charge in [-0.15, -0.1) is 0 Å². The van der Waals surface area contributed by atoms with E-state index in [1.165, 1.54) is 57.8 Å². The summed E-state index contributed by atoms with van der Waals surface area (Å²) >= 11 is 0. The van der Waals surface area contributed by atoms with E-state index in [2.05, 4.69) is 19.9 Å². The van der Waals surface area contributed by atoms with E-state index in [9.17, 15) is 5.11 Å². The fourth-order valence-corrected chi connectivity index (χ4v) is 8.07. The maximum atomic E-state index is 10.6. The highest BCUT2D eigenvalue weighted by Crippen LogP contribution is 2.67. The predicted octanol–water partition coefficient (Wildman–Crippen LogP) is 6.90. The number of hydrogen-bond donors (Lipinski definition) is 2. The first-order chi connectivity index (χ1) is 13.8. The Kier molecular flexibility index (Phi) is 7.26. The third-order valence-electron chi connectivity index (χ3n) is 9.79. The predicted molar refractivity (Wildman–Crippen MR) is 123 cm³/mol. The van der Waals surface area contributed by atoms with E-state index in [0.29, 0.717) is 17.4 Å². The van der Waals surface area contributed by atoms with Gasteiger partial charge in [0.15, 0.2) is 0 Å². The summed E-state index contributed by atoms with van der Waals surface area (Å²) in [5.74, 6) is 3.55. The van der Waals surface area contributed by atoms with Crippen molar-refractivity contribution in [2.45, 2.75) is 117 Å². The molecule has 0 spiro atoms. The van der Waals surface area contributed by atoms with Crippen LogP contribution in [0.4, 0.5) is 0 Å². The number of aliphatic hydroxyl groups is 2. The number of fused-ring (bicyclic) bond motifs is 5. The molecule has 29 heavy (non-hydrogen) atoms. The van der Waals surface area contributed by atoms with Crippen LogP contribution in [0.15, 0.2) is 11.6 Å². The molecule has 0 aliphatic heterocycles. The van der Waals surface area contributed by atoms with Gasteiger partial charge in [-0.3, -0.25) is 0 Å². The van der Waals surface area contributed by atoms with Crippen molar-refractivity contribution in [2.75, 3.05) is 6.61 Å². The fraction of sp³-hybridized carbons (Fsp3) is 0.926. The largest absolute Gasteiger partial charge is 0.396 e. The highest BCUT2D eigenvalue weighted by atomic mass is 16.3. The Balaban J connectivity index is 0.00000117. The molecule has 0 aromatic carbocycles.